The van der Waals surface area contributed by atoms with Crippen molar-refractivity contribution in [2.75, 3.05) is 25.5 Å². The first-order valence-electron chi connectivity index (χ1n) is 13.8. The van der Waals surface area contributed by atoms with E-state index in [4.69, 9.17) is 28.4 Å². The fraction of sp³-hybridized carbons (Fsp3) is 0.533. The van der Waals surface area contributed by atoms with Gasteiger partial charge in [-0.3, -0.25) is 4.90 Å². The van der Waals surface area contributed by atoms with Crippen molar-refractivity contribution in [1.82, 2.24) is 4.90 Å². The predicted octanol–water partition coefficient (Wildman–Crippen LogP) is 4.95. The minimum Gasteiger partial charge on any atom is -0.465 e. The van der Waals surface area contributed by atoms with Gasteiger partial charge in [0.05, 0.1) is 25.7 Å². The van der Waals surface area contributed by atoms with Crippen LogP contribution >= 0.6 is 21.6 Å². The van der Waals surface area contributed by atoms with E-state index in [-0.39, 0.29) is 31.5 Å². The molecule has 0 bridgehead atoms. The van der Waals surface area contributed by atoms with Gasteiger partial charge in [-0.15, -0.1) is 0 Å². The Hall–Kier alpha value is -2.32. The van der Waals surface area contributed by atoms with E-state index in [0.717, 1.165) is 11.1 Å². The molecular formula is C30H39NO9S2. The number of amides is 1. The van der Waals surface area contributed by atoms with Crippen LogP contribution in [-0.4, -0.2) is 77.5 Å². The number of hydrogen-bond donors (Lipinski definition) is 1. The first kappa shape index (κ1) is 32.6. The number of benzene rings is 2. The van der Waals surface area contributed by atoms with Gasteiger partial charge >= 0.3 is 12.1 Å². The Kier molecular flexibility index (Phi) is 11.6. The van der Waals surface area contributed by atoms with Crippen LogP contribution in [0.25, 0.3) is 0 Å². The Balaban J connectivity index is 1.35. The second-order valence-corrected chi connectivity index (χ2v) is 13.1. The third kappa shape index (κ3) is 8.62. The van der Waals surface area contributed by atoms with Crippen molar-refractivity contribution in [3.63, 3.8) is 0 Å². The standard InChI is InChI=1S/C30H39NO9S2/c1-21-15-30(27(33)35-4,40-26(25(21)32)24-18-37-29(2,3)39-24)38-20-42-41-19-31(16-22-11-7-5-8-12-22)28(34)36-17-23-13-9-6-10-14-23/h5-14,21,24-26,32H,15-20H2,1-4H3/t21-,24-,25-,26?,30-/m1/s1. The molecule has 2 saturated heterocycles. The highest BCUT2D eigenvalue weighted by atomic mass is 33.1. The summed E-state index contributed by atoms with van der Waals surface area (Å²) in [5, 5.41) is 10.9. The number of rotatable bonds is 12. The molecule has 2 aromatic rings. The van der Waals surface area contributed by atoms with Crippen molar-refractivity contribution >= 4 is 33.7 Å². The quantitative estimate of drug-likeness (QED) is 0.150. The molecule has 42 heavy (non-hydrogen) atoms. The molecular weight excluding hydrogens is 582 g/mol. The van der Waals surface area contributed by atoms with E-state index in [2.05, 4.69) is 0 Å². The van der Waals surface area contributed by atoms with Gasteiger partial charge in [0.2, 0.25) is 0 Å². The molecule has 5 atom stereocenters. The van der Waals surface area contributed by atoms with Crippen LogP contribution < -0.4 is 0 Å². The molecule has 2 aliphatic heterocycles. The average molecular weight is 622 g/mol. The van der Waals surface area contributed by atoms with Crippen molar-refractivity contribution in [2.45, 2.75) is 70.2 Å². The van der Waals surface area contributed by atoms with Crippen LogP contribution in [0.15, 0.2) is 60.7 Å². The molecule has 0 saturated carbocycles. The normalized spacial score (nSPS) is 26.9. The highest BCUT2D eigenvalue weighted by Crippen LogP contribution is 2.40. The third-order valence-electron chi connectivity index (χ3n) is 7.04. The highest BCUT2D eigenvalue weighted by Gasteiger charge is 2.56. The molecule has 1 amide bonds. The Labute approximate surface area is 254 Å². The van der Waals surface area contributed by atoms with Crippen molar-refractivity contribution in [3.8, 4) is 0 Å². The minimum absolute atomic E-state index is 0.0566. The molecule has 2 aromatic carbocycles. The fourth-order valence-corrected chi connectivity index (χ4v) is 6.51. The third-order valence-corrected chi connectivity index (χ3v) is 8.94. The first-order valence-corrected chi connectivity index (χ1v) is 16.3. The largest absolute Gasteiger partial charge is 0.465 e. The predicted molar refractivity (Wildman–Crippen MR) is 159 cm³/mol. The molecule has 12 heteroatoms. The van der Waals surface area contributed by atoms with E-state index in [0.29, 0.717) is 12.4 Å². The first-order chi connectivity index (χ1) is 20.1. The molecule has 2 aliphatic rings. The summed E-state index contributed by atoms with van der Waals surface area (Å²) in [7, 11) is 3.97. The lowest BCUT2D eigenvalue weighted by Gasteiger charge is -2.45. The SMILES string of the molecule is COC(=O)[C@@]1(OCSSCN(Cc2ccccc2)C(=O)OCc2ccccc2)C[C@@H](C)[C@@H](O)C([C@H]2COC(C)(C)O2)O1. The molecule has 0 radical (unpaired) electrons. The summed E-state index contributed by atoms with van der Waals surface area (Å²) in [5.41, 5.74) is 1.87. The lowest BCUT2D eigenvalue weighted by molar-refractivity contribution is -0.313. The summed E-state index contributed by atoms with van der Waals surface area (Å²) in [6.45, 7) is 6.13. The molecule has 2 heterocycles. The molecule has 0 aromatic heterocycles. The summed E-state index contributed by atoms with van der Waals surface area (Å²) in [6, 6.07) is 19.2. The van der Waals surface area contributed by atoms with Crippen molar-refractivity contribution in [3.05, 3.63) is 71.8 Å². The Morgan fingerprint density at radius 3 is 2.31 bits per heavy atom. The van der Waals surface area contributed by atoms with Gasteiger partial charge in [-0.2, -0.15) is 0 Å². The summed E-state index contributed by atoms with van der Waals surface area (Å²) in [6.07, 6.45) is -2.66. The second kappa shape index (κ2) is 14.9. The number of hydrogen-bond acceptors (Lipinski definition) is 11. The lowest BCUT2D eigenvalue weighted by atomic mass is 9.86. The maximum atomic E-state index is 13.0. The zero-order valence-electron chi connectivity index (χ0n) is 24.3. The lowest BCUT2D eigenvalue weighted by Crippen LogP contribution is -2.60. The van der Waals surface area contributed by atoms with Crippen LogP contribution in [-0.2, 0) is 46.4 Å². The maximum Gasteiger partial charge on any atom is 0.411 e. The van der Waals surface area contributed by atoms with Crippen LogP contribution in [0, 0.1) is 5.92 Å². The number of aliphatic hydroxyl groups excluding tert-OH is 1. The van der Waals surface area contributed by atoms with Crippen LogP contribution in [0.3, 0.4) is 0 Å². The Morgan fingerprint density at radius 2 is 1.69 bits per heavy atom. The number of ether oxygens (including phenoxy) is 6. The molecule has 0 spiro atoms. The van der Waals surface area contributed by atoms with E-state index in [1.165, 1.54) is 28.7 Å². The minimum atomic E-state index is -1.72. The van der Waals surface area contributed by atoms with Gasteiger partial charge in [0.25, 0.3) is 5.79 Å². The fourth-order valence-electron chi connectivity index (χ4n) is 4.85. The van der Waals surface area contributed by atoms with E-state index < -0.39 is 41.9 Å². The van der Waals surface area contributed by atoms with Gasteiger partial charge in [-0.05, 0) is 30.9 Å². The molecule has 230 valence electrons. The average Bonchev–Trinajstić information content (AvgIpc) is 3.36. The van der Waals surface area contributed by atoms with Crippen LogP contribution in [0.2, 0.25) is 0 Å². The zero-order valence-corrected chi connectivity index (χ0v) is 25.9. The Morgan fingerprint density at radius 1 is 1.02 bits per heavy atom. The van der Waals surface area contributed by atoms with Gasteiger partial charge < -0.3 is 33.5 Å². The summed E-state index contributed by atoms with van der Waals surface area (Å²) < 4.78 is 34.4. The van der Waals surface area contributed by atoms with E-state index in [9.17, 15) is 14.7 Å². The van der Waals surface area contributed by atoms with Crippen molar-refractivity contribution in [1.29, 1.82) is 0 Å². The highest BCUT2D eigenvalue weighted by molar-refractivity contribution is 8.76. The van der Waals surface area contributed by atoms with E-state index in [1.807, 2.05) is 67.6 Å². The molecule has 10 nitrogen and oxygen atoms in total. The molecule has 2 fully saturated rings. The van der Waals surface area contributed by atoms with Gasteiger partial charge in [-0.25, -0.2) is 9.59 Å². The monoisotopic (exact) mass is 621 g/mol. The summed E-state index contributed by atoms with van der Waals surface area (Å²) in [4.78, 5) is 27.6. The van der Waals surface area contributed by atoms with Crippen molar-refractivity contribution < 1.29 is 43.1 Å². The number of carbonyl (C=O) groups is 2. The van der Waals surface area contributed by atoms with Crippen LogP contribution in [0.4, 0.5) is 4.79 Å². The molecule has 1 unspecified atom stereocenters. The maximum absolute atomic E-state index is 13.0. The van der Waals surface area contributed by atoms with Crippen LogP contribution in [0.1, 0.15) is 38.3 Å². The van der Waals surface area contributed by atoms with Crippen molar-refractivity contribution in [2.24, 2.45) is 5.92 Å². The number of esters is 1. The summed E-state index contributed by atoms with van der Waals surface area (Å²) in [5.74, 6) is -3.22. The van der Waals surface area contributed by atoms with Gasteiger partial charge in [0.1, 0.15) is 24.8 Å². The van der Waals surface area contributed by atoms with Crippen LogP contribution in [0.5, 0.6) is 0 Å². The van der Waals surface area contributed by atoms with Gasteiger partial charge in [0, 0.05) is 13.0 Å². The van der Waals surface area contributed by atoms with E-state index in [1.54, 1.807) is 18.7 Å². The zero-order chi connectivity index (χ0) is 30.2. The number of carbonyl (C=O) groups excluding carboxylic acids is 2. The Bertz CT molecular complexity index is 1160. The molecule has 4 rings (SSSR count). The number of aliphatic hydroxyl groups is 1. The van der Waals surface area contributed by atoms with Gasteiger partial charge in [-0.1, -0.05) is 89.2 Å². The van der Waals surface area contributed by atoms with Gasteiger partial charge in [0.15, 0.2) is 5.79 Å². The second-order valence-electron chi connectivity index (χ2n) is 10.7. The number of nitrogens with zero attached hydrogens (tertiary/aromatic N) is 1. The topological polar surface area (TPSA) is 113 Å². The molecule has 0 aliphatic carbocycles. The van der Waals surface area contributed by atoms with E-state index >= 15 is 0 Å². The summed E-state index contributed by atoms with van der Waals surface area (Å²) >= 11 is 0. The number of methoxy groups -OCH3 is 1. The molecule has 1 N–H and O–H groups in total. The smallest absolute Gasteiger partial charge is 0.411 e.